The monoisotopic (exact) mass is 209 g/mol. The Bertz CT molecular complexity index is 366. The number of aryl methyl sites for hydroxylation is 2. The molecule has 0 unspecified atom stereocenters. The Morgan fingerprint density at radius 2 is 2.20 bits per heavy atom. The number of nitrogens with zero attached hydrogens (tertiary/aromatic N) is 2. The van der Waals surface area contributed by atoms with E-state index in [0.717, 1.165) is 24.5 Å². The second kappa shape index (κ2) is 3.52. The Hall–Kier alpha value is -1.03. The molecule has 1 aliphatic rings. The van der Waals surface area contributed by atoms with Crippen LogP contribution in [0.4, 0.5) is 0 Å². The highest BCUT2D eigenvalue weighted by molar-refractivity contribution is 5.42. The molecule has 84 valence electrons. The molecule has 1 aromatic rings. The molecule has 1 aromatic heterocycles. The standard InChI is InChI=1S/C11H19N3O/c1-8-9(10(15-3)14(2)13-8)11(4-5-11)6-7-12/h4-7,12H2,1-3H3. The summed E-state index contributed by atoms with van der Waals surface area (Å²) in [5, 5.41) is 4.42. The molecule has 1 aliphatic carbocycles. The summed E-state index contributed by atoms with van der Waals surface area (Å²) in [4.78, 5) is 0. The molecule has 1 fully saturated rings. The first-order valence-electron chi connectivity index (χ1n) is 5.43. The van der Waals surface area contributed by atoms with Crippen LogP contribution in [0, 0.1) is 6.92 Å². The van der Waals surface area contributed by atoms with Crippen LogP contribution in [0.5, 0.6) is 5.88 Å². The number of hydrogen-bond donors (Lipinski definition) is 1. The summed E-state index contributed by atoms with van der Waals surface area (Å²) in [6.45, 7) is 2.78. The number of methoxy groups -OCH3 is 1. The lowest BCUT2D eigenvalue weighted by molar-refractivity contribution is 0.364. The normalized spacial score (nSPS) is 17.9. The predicted molar refractivity (Wildman–Crippen MR) is 59.1 cm³/mol. The second-order valence-corrected chi connectivity index (χ2v) is 4.41. The summed E-state index contributed by atoms with van der Waals surface area (Å²) in [5.41, 5.74) is 8.29. The van der Waals surface area contributed by atoms with Crippen molar-refractivity contribution < 1.29 is 4.74 Å². The summed E-state index contributed by atoms with van der Waals surface area (Å²) in [6, 6.07) is 0. The van der Waals surface area contributed by atoms with Gasteiger partial charge in [-0.2, -0.15) is 5.10 Å². The van der Waals surface area contributed by atoms with E-state index in [2.05, 4.69) is 12.0 Å². The van der Waals surface area contributed by atoms with Crippen LogP contribution in [-0.2, 0) is 12.5 Å². The van der Waals surface area contributed by atoms with Crippen molar-refractivity contribution in [1.29, 1.82) is 0 Å². The highest BCUT2D eigenvalue weighted by Gasteiger charge is 2.47. The molecule has 4 heteroatoms. The quantitative estimate of drug-likeness (QED) is 0.808. The van der Waals surface area contributed by atoms with Crippen LogP contribution in [0.25, 0.3) is 0 Å². The summed E-state index contributed by atoms with van der Waals surface area (Å²) < 4.78 is 7.25. The van der Waals surface area contributed by atoms with Crippen molar-refractivity contribution in [1.82, 2.24) is 9.78 Å². The van der Waals surface area contributed by atoms with E-state index in [0.29, 0.717) is 0 Å². The molecule has 2 N–H and O–H groups in total. The first-order chi connectivity index (χ1) is 7.14. The maximum atomic E-state index is 5.67. The average molecular weight is 209 g/mol. The van der Waals surface area contributed by atoms with Crippen LogP contribution in [0.15, 0.2) is 0 Å². The molecule has 4 nitrogen and oxygen atoms in total. The van der Waals surface area contributed by atoms with Gasteiger partial charge in [0, 0.05) is 18.0 Å². The molecular weight excluding hydrogens is 190 g/mol. The molecule has 0 saturated heterocycles. The number of rotatable bonds is 4. The van der Waals surface area contributed by atoms with E-state index in [4.69, 9.17) is 10.5 Å². The largest absolute Gasteiger partial charge is 0.481 e. The molecule has 15 heavy (non-hydrogen) atoms. The fraction of sp³-hybridized carbons (Fsp3) is 0.727. The van der Waals surface area contributed by atoms with Crippen molar-refractivity contribution in [2.24, 2.45) is 12.8 Å². The first-order valence-corrected chi connectivity index (χ1v) is 5.43. The van der Waals surface area contributed by atoms with Gasteiger partial charge in [0.05, 0.1) is 12.8 Å². The van der Waals surface area contributed by atoms with Crippen molar-refractivity contribution in [2.75, 3.05) is 13.7 Å². The lowest BCUT2D eigenvalue weighted by Crippen LogP contribution is -2.15. The van der Waals surface area contributed by atoms with E-state index < -0.39 is 0 Å². The maximum absolute atomic E-state index is 5.67. The van der Waals surface area contributed by atoms with E-state index in [1.807, 2.05) is 11.7 Å². The van der Waals surface area contributed by atoms with Crippen molar-refractivity contribution in [2.45, 2.75) is 31.6 Å². The Morgan fingerprint density at radius 1 is 1.53 bits per heavy atom. The van der Waals surface area contributed by atoms with E-state index >= 15 is 0 Å². The van der Waals surface area contributed by atoms with Crippen LogP contribution in [0.2, 0.25) is 0 Å². The second-order valence-electron chi connectivity index (χ2n) is 4.41. The van der Waals surface area contributed by atoms with Crippen molar-refractivity contribution in [3.05, 3.63) is 11.3 Å². The summed E-state index contributed by atoms with van der Waals surface area (Å²) in [5.74, 6) is 0.901. The fourth-order valence-electron chi connectivity index (χ4n) is 2.53. The highest BCUT2D eigenvalue weighted by Crippen LogP contribution is 2.54. The third kappa shape index (κ3) is 1.53. The Morgan fingerprint density at radius 3 is 2.67 bits per heavy atom. The van der Waals surface area contributed by atoms with Crippen LogP contribution in [-0.4, -0.2) is 23.4 Å². The van der Waals surface area contributed by atoms with Gasteiger partial charge in [-0.25, -0.2) is 4.68 Å². The van der Waals surface area contributed by atoms with E-state index in [1.54, 1.807) is 7.11 Å². The van der Waals surface area contributed by atoms with Gasteiger partial charge in [-0.15, -0.1) is 0 Å². The minimum absolute atomic E-state index is 0.262. The van der Waals surface area contributed by atoms with Gasteiger partial charge in [-0.1, -0.05) is 0 Å². The summed E-state index contributed by atoms with van der Waals surface area (Å²) in [6.07, 6.45) is 3.47. The topological polar surface area (TPSA) is 53.1 Å². The van der Waals surface area contributed by atoms with E-state index in [-0.39, 0.29) is 5.41 Å². The van der Waals surface area contributed by atoms with Gasteiger partial charge in [-0.3, -0.25) is 0 Å². The van der Waals surface area contributed by atoms with E-state index in [9.17, 15) is 0 Å². The Kier molecular flexibility index (Phi) is 2.46. The zero-order chi connectivity index (χ0) is 11.1. The fourth-order valence-corrected chi connectivity index (χ4v) is 2.53. The molecule has 0 atom stereocenters. The maximum Gasteiger partial charge on any atom is 0.215 e. The Labute approximate surface area is 90.4 Å². The van der Waals surface area contributed by atoms with E-state index in [1.165, 1.54) is 18.4 Å². The highest BCUT2D eigenvalue weighted by atomic mass is 16.5. The zero-order valence-corrected chi connectivity index (χ0v) is 9.71. The van der Waals surface area contributed by atoms with Gasteiger partial charge in [0.1, 0.15) is 0 Å². The third-order valence-electron chi connectivity index (χ3n) is 3.37. The molecule has 0 spiro atoms. The number of aromatic nitrogens is 2. The molecule has 1 saturated carbocycles. The number of ether oxygens (including phenoxy) is 1. The molecule has 2 rings (SSSR count). The van der Waals surface area contributed by atoms with Crippen LogP contribution >= 0.6 is 0 Å². The SMILES string of the molecule is COc1c(C2(CCN)CC2)c(C)nn1C. The average Bonchev–Trinajstić information content (AvgIpc) is 2.88. The van der Waals surface area contributed by atoms with Crippen molar-refractivity contribution >= 4 is 0 Å². The van der Waals surface area contributed by atoms with Crippen molar-refractivity contribution in [3.8, 4) is 5.88 Å². The lowest BCUT2D eigenvalue weighted by atomic mass is 9.92. The minimum atomic E-state index is 0.262. The first kappa shape index (κ1) is 10.5. The van der Waals surface area contributed by atoms with Gasteiger partial charge in [-0.05, 0) is 32.7 Å². The van der Waals surface area contributed by atoms with Gasteiger partial charge in [0.25, 0.3) is 0 Å². The summed E-state index contributed by atoms with van der Waals surface area (Å²) >= 11 is 0. The number of nitrogens with two attached hydrogens (primary N) is 1. The lowest BCUT2D eigenvalue weighted by Gasteiger charge is -2.15. The predicted octanol–water partition coefficient (Wildman–Crippen LogP) is 1.12. The molecule has 0 radical (unpaired) electrons. The van der Waals surface area contributed by atoms with Gasteiger partial charge in [0.2, 0.25) is 5.88 Å². The van der Waals surface area contributed by atoms with Crippen LogP contribution in [0.3, 0.4) is 0 Å². The summed E-state index contributed by atoms with van der Waals surface area (Å²) in [7, 11) is 3.63. The van der Waals surface area contributed by atoms with Gasteiger partial charge >= 0.3 is 0 Å². The van der Waals surface area contributed by atoms with Crippen LogP contribution in [0.1, 0.15) is 30.5 Å². The van der Waals surface area contributed by atoms with Crippen LogP contribution < -0.4 is 10.5 Å². The molecule has 1 heterocycles. The third-order valence-corrected chi connectivity index (χ3v) is 3.37. The molecule has 0 aromatic carbocycles. The zero-order valence-electron chi connectivity index (χ0n) is 9.71. The number of hydrogen-bond acceptors (Lipinski definition) is 3. The Balaban J connectivity index is 2.42. The molecular formula is C11H19N3O. The van der Waals surface area contributed by atoms with Crippen molar-refractivity contribution in [3.63, 3.8) is 0 Å². The molecule has 0 amide bonds. The van der Waals surface area contributed by atoms with Gasteiger partial charge < -0.3 is 10.5 Å². The molecule has 0 bridgehead atoms. The van der Waals surface area contributed by atoms with Gasteiger partial charge in [0.15, 0.2) is 0 Å². The minimum Gasteiger partial charge on any atom is -0.481 e. The molecule has 0 aliphatic heterocycles. The smallest absolute Gasteiger partial charge is 0.215 e.